The third kappa shape index (κ3) is 4.81. The number of rotatable bonds is 7. The van der Waals surface area contributed by atoms with E-state index in [1.54, 1.807) is 24.3 Å². The molecule has 2 heterocycles. The molecule has 0 atom stereocenters. The number of halogens is 1. The first-order valence-corrected chi connectivity index (χ1v) is 11.3. The Hall–Kier alpha value is -4.05. The second-order valence-corrected chi connectivity index (χ2v) is 8.36. The van der Waals surface area contributed by atoms with Crippen molar-refractivity contribution in [3.63, 3.8) is 0 Å². The quantitative estimate of drug-likeness (QED) is 0.409. The number of hydrogen-bond acceptors (Lipinski definition) is 6. The summed E-state index contributed by atoms with van der Waals surface area (Å²) in [5.41, 5.74) is 0.760. The van der Waals surface area contributed by atoms with Crippen molar-refractivity contribution in [2.75, 3.05) is 17.7 Å². The molecule has 2 aromatic heterocycles. The van der Waals surface area contributed by atoms with Gasteiger partial charge in [-0.2, -0.15) is 0 Å². The van der Waals surface area contributed by atoms with E-state index in [4.69, 9.17) is 4.74 Å². The number of thiazole rings is 1. The second kappa shape index (κ2) is 9.84. The number of fused-ring (bicyclic) bond motifs is 1. The van der Waals surface area contributed by atoms with E-state index >= 15 is 0 Å². The fraction of sp³-hybridized carbons (Fsp3) is 0.167. The minimum Gasteiger partial charge on any atom is -0.497 e. The highest BCUT2D eigenvalue weighted by Crippen LogP contribution is 2.25. The molecule has 4 aromatic rings. The van der Waals surface area contributed by atoms with Crippen LogP contribution in [-0.2, 0) is 6.42 Å². The molecule has 2 aromatic carbocycles. The van der Waals surface area contributed by atoms with Crippen LogP contribution in [0.3, 0.4) is 0 Å². The zero-order valence-electron chi connectivity index (χ0n) is 18.4. The van der Waals surface area contributed by atoms with Crippen molar-refractivity contribution in [1.29, 1.82) is 0 Å². The molecule has 0 bridgehead atoms. The predicted molar refractivity (Wildman–Crippen MR) is 129 cm³/mol. The average molecular weight is 481 g/mol. The number of aryl methyl sites for hydroxylation is 1. The third-order valence-electron chi connectivity index (χ3n) is 4.93. The summed E-state index contributed by atoms with van der Waals surface area (Å²) in [5, 5.41) is 5.36. The van der Waals surface area contributed by atoms with Crippen molar-refractivity contribution in [1.82, 2.24) is 9.38 Å². The molecule has 2 amide bonds. The maximum Gasteiger partial charge on any atom is 0.274 e. The van der Waals surface area contributed by atoms with E-state index in [1.807, 2.05) is 6.92 Å². The number of carbonyl (C=O) groups excluding carboxylic acids is 2. The van der Waals surface area contributed by atoms with Crippen LogP contribution in [0.1, 0.15) is 39.2 Å². The molecule has 4 rings (SSSR count). The fourth-order valence-electron chi connectivity index (χ4n) is 3.38. The molecule has 0 fully saturated rings. The maximum absolute atomic E-state index is 13.3. The van der Waals surface area contributed by atoms with Gasteiger partial charge in [0.1, 0.15) is 22.1 Å². The molecule has 0 spiro atoms. The monoisotopic (exact) mass is 480 g/mol. The van der Waals surface area contributed by atoms with Crippen LogP contribution in [0.15, 0.2) is 59.4 Å². The van der Waals surface area contributed by atoms with Crippen LogP contribution in [0, 0.1) is 5.82 Å². The highest BCUT2D eigenvalue weighted by molar-refractivity contribution is 7.19. The third-order valence-corrected chi connectivity index (χ3v) is 5.97. The van der Waals surface area contributed by atoms with Gasteiger partial charge < -0.3 is 15.4 Å². The van der Waals surface area contributed by atoms with Gasteiger partial charge in [0.2, 0.25) is 0 Å². The Bertz CT molecular complexity index is 1430. The molecule has 174 valence electrons. The highest BCUT2D eigenvalue weighted by Gasteiger charge is 2.26. The van der Waals surface area contributed by atoms with Crippen LogP contribution in [0.5, 0.6) is 5.75 Å². The van der Waals surface area contributed by atoms with Crippen molar-refractivity contribution < 1.29 is 18.7 Å². The van der Waals surface area contributed by atoms with Crippen LogP contribution < -0.4 is 20.9 Å². The summed E-state index contributed by atoms with van der Waals surface area (Å²) in [6.07, 6.45) is 1.38. The van der Waals surface area contributed by atoms with Gasteiger partial charge in [-0.1, -0.05) is 30.7 Å². The minimum atomic E-state index is -0.657. The lowest BCUT2D eigenvalue weighted by Crippen LogP contribution is -2.25. The Morgan fingerprint density at radius 1 is 1.06 bits per heavy atom. The molecule has 0 saturated heterocycles. The van der Waals surface area contributed by atoms with Gasteiger partial charge in [0, 0.05) is 29.2 Å². The van der Waals surface area contributed by atoms with Gasteiger partial charge >= 0.3 is 0 Å². The Morgan fingerprint density at radius 3 is 2.50 bits per heavy atom. The summed E-state index contributed by atoms with van der Waals surface area (Å²) in [5.74, 6) is -1.19. The molecular formula is C24H21FN4O4S. The number of ether oxygens (including phenoxy) is 1. The lowest BCUT2D eigenvalue weighted by Gasteiger charge is -2.09. The van der Waals surface area contributed by atoms with E-state index in [0.717, 1.165) is 22.2 Å². The number of nitrogens with one attached hydrogen (secondary N) is 2. The van der Waals surface area contributed by atoms with E-state index < -0.39 is 23.2 Å². The number of amides is 2. The molecule has 0 aliphatic carbocycles. The maximum atomic E-state index is 13.3. The van der Waals surface area contributed by atoms with Gasteiger partial charge in [0.25, 0.3) is 17.4 Å². The number of aromatic nitrogens is 2. The fourth-order valence-corrected chi connectivity index (χ4v) is 4.42. The molecule has 8 nitrogen and oxygen atoms in total. The van der Waals surface area contributed by atoms with Gasteiger partial charge in [-0.15, -0.1) is 0 Å². The molecule has 0 saturated carbocycles. The van der Waals surface area contributed by atoms with Crippen molar-refractivity contribution in [3.05, 3.63) is 87.0 Å². The van der Waals surface area contributed by atoms with Crippen molar-refractivity contribution in [2.24, 2.45) is 0 Å². The van der Waals surface area contributed by atoms with Crippen molar-refractivity contribution in [2.45, 2.75) is 19.8 Å². The second-order valence-electron chi connectivity index (χ2n) is 7.38. The number of methoxy groups -OCH3 is 1. The first-order valence-electron chi connectivity index (χ1n) is 10.5. The molecule has 10 heteroatoms. The van der Waals surface area contributed by atoms with Gasteiger partial charge in [-0.3, -0.25) is 14.4 Å². The van der Waals surface area contributed by atoms with Crippen LogP contribution in [0.4, 0.5) is 15.8 Å². The summed E-state index contributed by atoms with van der Waals surface area (Å²) in [7, 11) is 1.50. The Balaban J connectivity index is 1.79. The lowest BCUT2D eigenvalue weighted by molar-refractivity contribution is 0.0989. The predicted octanol–water partition coefficient (Wildman–Crippen LogP) is 4.36. The van der Waals surface area contributed by atoms with Crippen LogP contribution in [-0.4, -0.2) is 28.3 Å². The van der Waals surface area contributed by atoms with Crippen molar-refractivity contribution >= 4 is 39.5 Å². The number of benzene rings is 2. The van der Waals surface area contributed by atoms with Crippen LogP contribution >= 0.6 is 11.3 Å². The summed E-state index contributed by atoms with van der Waals surface area (Å²) in [6, 6.07) is 13.3. The smallest absolute Gasteiger partial charge is 0.274 e. The molecule has 2 N–H and O–H groups in total. The summed E-state index contributed by atoms with van der Waals surface area (Å²) in [4.78, 5) is 44.1. The topological polar surface area (TPSA) is 102 Å². The number of carbonyl (C=O) groups is 2. The lowest BCUT2D eigenvalue weighted by atomic mass is 10.2. The summed E-state index contributed by atoms with van der Waals surface area (Å²) in [6.45, 7) is 1.96. The molecule has 34 heavy (non-hydrogen) atoms. The van der Waals surface area contributed by atoms with E-state index in [2.05, 4.69) is 15.6 Å². The molecular weight excluding hydrogens is 459 g/mol. The zero-order valence-corrected chi connectivity index (χ0v) is 19.2. The number of anilines is 2. The first kappa shape index (κ1) is 23.1. The van der Waals surface area contributed by atoms with E-state index in [1.165, 1.54) is 37.4 Å². The average Bonchev–Trinajstić information content (AvgIpc) is 3.21. The number of nitrogens with zero attached hydrogens (tertiary/aromatic N) is 2. The normalized spacial score (nSPS) is 10.8. The molecule has 0 aliphatic rings. The summed E-state index contributed by atoms with van der Waals surface area (Å²) >= 11 is 0.935. The van der Waals surface area contributed by atoms with Gasteiger partial charge in [0.15, 0.2) is 4.96 Å². The van der Waals surface area contributed by atoms with Crippen LogP contribution in [0.2, 0.25) is 0 Å². The highest BCUT2D eigenvalue weighted by atomic mass is 32.1. The van der Waals surface area contributed by atoms with E-state index in [0.29, 0.717) is 29.2 Å². The Morgan fingerprint density at radius 2 is 1.79 bits per heavy atom. The van der Waals surface area contributed by atoms with E-state index in [9.17, 15) is 18.8 Å². The Labute approximate surface area is 198 Å². The number of hydrogen-bond donors (Lipinski definition) is 2. The minimum absolute atomic E-state index is 0.00275. The van der Waals surface area contributed by atoms with Gasteiger partial charge in [-0.25, -0.2) is 13.8 Å². The van der Waals surface area contributed by atoms with E-state index in [-0.39, 0.29) is 15.5 Å². The Kier molecular flexibility index (Phi) is 6.69. The standard InChI is InChI=1S/C24H21FN4O4S/c1-3-5-16-13-19(30)29-20(22(31)27-17-6-4-7-18(12-17)33-2)21(34-24(29)28-16)23(32)26-15-10-8-14(25)9-11-15/h4,6-13H,3,5H2,1-2H3,(H,26,32)(H,27,31). The molecule has 0 radical (unpaired) electrons. The van der Waals surface area contributed by atoms with Crippen molar-refractivity contribution in [3.8, 4) is 5.75 Å². The van der Waals surface area contributed by atoms with Crippen LogP contribution in [0.25, 0.3) is 4.96 Å². The largest absolute Gasteiger partial charge is 0.497 e. The summed E-state index contributed by atoms with van der Waals surface area (Å²) < 4.78 is 19.6. The van der Waals surface area contributed by atoms with Gasteiger partial charge in [0.05, 0.1) is 7.11 Å². The van der Waals surface area contributed by atoms with Gasteiger partial charge in [-0.05, 0) is 42.8 Å². The molecule has 0 unspecified atom stereocenters. The first-order chi connectivity index (χ1) is 16.4. The molecule has 0 aliphatic heterocycles. The SMILES string of the molecule is CCCc1cc(=O)n2c(C(=O)Nc3cccc(OC)c3)c(C(=O)Nc3ccc(F)cc3)sc2n1. The zero-order chi connectivity index (χ0) is 24.2.